The predicted molar refractivity (Wildman–Crippen MR) is 73.4 cm³/mol. The molecule has 0 aliphatic heterocycles. The van der Waals surface area contributed by atoms with E-state index in [2.05, 4.69) is 20.9 Å². The Morgan fingerprint density at radius 3 is 2.72 bits per heavy atom. The Balaban J connectivity index is 2.40. The van der Waals surface area contributed by atoms with Crippen LogP contribution < -0.4 is 4.74 Å². The van der Waals surface area contributed by atoms with E-state index in [4.69, 9.17) is 16.3 Å². The first-order valence-corrected chi connectivity index (χ1v) is 6.27. The van der Waals surface area contributed by atoms with Gasteiger partial charge in [-0.15, -0.1) is 0 Å². The number of hydrogen-bond acceptors (Lipinski definition) is 3. The second kappa shape index (κ2) is 5.50. The van der Waals surface area contributed by atoms with Crippen molar-refractivity contribution in [2.45, 2.75) is 0 Å². The number of aromatic nitrogens is 1. The van der Waals surface area contributed by atoms with Gasteiger partial charge < -0.3 is 4.74 Å². The van der Waals surface area contributed by atoms with Crippen molar-refractivity contribution in [3.8, 4) is 5.75 Å². The van der Waals surface area contributed by atoms with E-state index in [1.54, 1.807) is 30.5 Å². The molecule has 0 saturated carbocycles. The molecule has 1 aromatic heterocycles. The maximum Gasteiger partial charge on any atom is 0.194 e. The summed E-state index contributed by atoms with van der Waals surface area (Å²) in [4.78, 5) is 16.2. The first-order valence-electron chi connectivity index (χ1n) is 5.10. The quantitative estimate of drug-likeness (QED) is 0.807. The van der Waals surface area contributed by atoms with Crippen molar-refractivity contribution in [3.05, 3.63) is 57.3 Å². The zero-order chi connectivity index (χ0) is 13.1. The second-order valence-electron chi connectivity index (χ2n) is 3.57. The molecule has 18 heavy (non-hydrogen) atoms. The van der Waals surface area contributed by atoms with Crippen LogP contribution in [0.4, 0.5) is 0 Å². The van der Waals surface area contributed by atoms with Gasteiger partial charge in [0.05, 0.1) is 12.1 Å². The highest BCUT2D eigenvalue weighted by molar-refractivity contribution is 9.10. The van der Waals surface area contributed by atoms with Gasteiger partial charge in [0.25, 0.3) is 0 Å². The average Bonchev–Trinajstić information content (AvgIpc) is 2.38. The molecule has 2 aromatic rings. The van der Waals surface area contributed by atoms with Crippen LogP contribution in [0.15, 0.2) is 41.1 Å². The van der Waals surface area contributed by atoms with Gasteiger partial charge in [-0.25, -0.2) is 0 Å². The number of ether oxygens (including phenoxy) is 1. The second-order valence-corrected chi connectivity index (χ2v) is 4.89. The van der Waals surface area contributed by atoms with Crippen molar-refractivity contribution in [3.63, 3.8) is 0 Å². The molecular weight excluding hydrogens is 318 g/mol. The predicted octanol–water partition coefficient (Wildman–Crippen LogP) is 3.74. The molecule has 0 bridgehead atoms. The molecule has 0 aliphatic rings. The first-order chi connectivity index (χ1) is 8.61. The normalized spacial score (nSPS) is 10.2. The van der Waals surface area contributed by atoms with Gasteiger partial charge >= 0.3 is 0 Å². The Hall–Kier alpha value is -1.39. The lowest BCUT2D eigenvalue weighted by Crippen LogP contribution is -2.02. The molecule has 0 aliphatic carbocycles. The van der Waals surface area contributed by atoms with Crippen molar-refractivity contribution in [2.24, 2.45) is 0 Å². The molecular formula is C13H9BrClNO2. The molecule has 0 unspecified atom stereocenters. The van der Waals surface area contributed by atoms with E-state index in [1.165, 1.54) is 13.3 Å². The Morgan fingerprint density at radius 1 is 1.28 bits per heavy atom. The van der Waals surface area contributed by atoms with E-state index in [0.717, 1.165) is 4.47 Å². The average molecular weight is 327 g/mol. The van der Waals surface area contributed by atoms with Gasteiger partial charge in [0.2, 0.25) is 0 Å². The van der Waals surface area contributed by atoms with Gasteiger partial charge in [-0.1, -0.05) is 11.6 Å². The molecule has 0 saturated heterocycles. The third-order valence-electron chi connectivity index (χ3n) is 2.38. The SMILES string of the molecule is COc1cc(C(=O)c2cncc(Br)c2)ccc1Cl. The highest BCUT2D eigenvalue weighted by atomic mass is 79.9. The molecule has 0 amide bonds. The molecule has 5 heteroatoms. The number of methoxy groups -OCH3 is 1. The van der Waals surface area contributed by atoms with E-state index >= 15 is 0 Å². The maximum atomic E-state index is 12.2. The van der Waals surface area contributed by atoms with Crippen molar-refractivity contribution in [1.29, 1.82) is 0 Å². The fourth-order valence-electron chi connectivity index (χ4n) is 1.50. The number of carbonyl (C=O) groups is 1. The smallest absolute Gasteiger partial charge is 0.194 e. The summed E-state index contributed by atoms with van der Waals surface area (Å²) in [7, 11) is 1.51. The highest BCUT2D eigenvalue weighted by Crippen LogP contribution is 2.26. The molecule has 92 valence electrons. The van der Waals surface area contributed by atoms with Crippen LogP contribution in [0.1, 0.15) is 15.9 Å². The molecule has 1 heterocycles. The standard InChI is InChI=1S/C13H9BrClNO2/c1-18-12-5-8(2-3-11(12)15)13(17)9-4-10(14)7-16-6-9/h2-7H,1H3. The lowest BCUT2D eigenvalue weighted by atomic mass is 10.1. The Labute approximate surface area is 118 Å². The van der Waals surface area contributed by atoms with E-state index in [-0.39, 0.29) is 5.78 Å². The summed E-state index contributed by atoms with van der Waals surface area (Å²) in [5.74, 6) is 0.351. The number of rotatable bonds is 3. The molecule has 1 aromatic carbocycles. The molecule has 0 atom stereocenters. The highest BCUT2D eigenvalue weighted by Gasteiger charge is 2.12. The van der Waals surface area contributed by atoms with Gasteiger partial charge in [-0.2, -0.15) is 0 Å². The van der Waals surface area contributed by atoms with Crippen molar-refractivity contribution >= 4 is 33.3 Å². The fourth-order valence-corrected chi connectivity index (χ4v) is 2.06. The summed E-state index contributed by atoms with van der Waals surface area (Å²) in [6.07, 6.45) is 3.15. The topological polar surface area (TPSA) is 39.2 Å². The number of ketones is 1. The largest absolute Gasteiger partial charge is 0.495 e. The molecule has 2 rings (SSSR count). The minimum atomic E-state index is -0.126. The van der Waals surface area contributed by atoms with Crippen LogP contribution >= 0.6 is 27.5 Å². The lowest BCUT2D eigenvalue weighted by molar-refractivity contribution is 0.103. The van der Waals surface area contributed by atoms with Crippen LogP contribution in [-0.4, -0.2) is 17.9 Å². The molecule has 0 N–H and O–H groups in total. The van der Waals surface area contributed by atoms with E-state index in [1.807, 2.05) is 0 Å². The lowest BCUT2D eigenvalue weighted by Gasteiger charge is -2.06. The molecule has 0 radical (unpaired) electrons. The zero-order valence-corrected chi connectivity index (χ0v) is 11.8. The summed E-state index contributed by atoms with van der Waals surface area (Å²) in [5, 5.41) is 0.474. The van der Waals surface area contributed by atoms with Crippen LogP contribution in [-0.2, 0) is 0 Å². The van der Waals surface area contributed by atoms with Crippen LogP contribution in [0.25, 0.3) is 0 Å². The number of benzene rings is 1. The fraction of sp³-hybridized carbons (Fsp3) is 0.0769. The zero-order valence-electron chi connectivity index (χ0n) is 9.48. The van der Waals surface area contributed by atoms with Gasteiger partial charge in [0.1, 0.15) is 5.75 Å². The molecule has 3 nitrogen and oxygen atoms in total. The minimum absolute atomic E-state index is 0.126. The number of nitrogens with zero attached hydrogens (tertiary/aromatic N) is 1. The molecule has 0 spiro atoms. The van der Waals surface area contributed by atoms with E-state index < -0.39 is 0 Å². The van der Waals surface area contributed by atoms with Gasteiger partial charge in [0.15, 0.2) is 5.78 Å². The Kier molecular flexibility index (Phi) is 3.99. The first kappa shape index (κ1) is 13.1. The number of hydrogen-bond donors (Lipinski definition) is 0. The third-order valence-corrected chi connectivity index (χ3v) is 3.13. The van der Waals surface area contributed by atoms with E-state index in [9.17, 15) is 4.79 Å². The Morgan fingerprint density at radius 2 is 2.06 bits per heavy atom. The van der Waals surface area contributed by atoms with Crippen LogP contribution in [0.5, 0.6) is 5.75 Å². The van der Waals surface area contributed by atoms with Crippen molar-refractivity contribution in [2.75, 3.05) is 7.11 Å². The van der Waals surface area contributed by atoms with Crippen LogP contribution in [0.3, 0.4) is 0 Å². The van der Waals surface area contributed by atoms with E-state index in [0.29, 0.717) is 21.9 Å². The Bertz CT molecular complexity index is 601. The van der Waals surface area contributed by atoms with Crippen LogP contribution in [0.2, 0.25) is 5.02 Å². The number of carbonyl (C=O) groups excluding carboxylic acids is 1. The maximum absolute atomic E-state index is 12.2. The van der Waals surface area contributed by atoms with Gasteiger partial charge in [-0.3, -0.25) is 9.78 Å². The summed E-state index contributed by atoms with van der Waals surface area (Å²) in [5.41, 5.74) is 1.02. The summed E-state index contributed by atoms with van der Waals surface area (Å²) in [6.45, 7) is 0. The van der Waals surface area contributed by atoms with Gasteiger partial charge in [-0.05, 0) is 40.2 Å². The number of pyridine rings is 1. The van der Waals surface area contributed by atoms with Crippen LogP contribution in [0, 0.1) is 0 Å². The molecule has 0 fully saturated rings. The third kappa shape index (κ3) is 2.71. The summed E-state index contributed by atoms with van der Waals surface area (Å²) < 4.78 is 5.84. The van der Waals surface area contributed by atoms with Crippen molar-refractivity contribution in [1.82, 2.24) is 4.98 Å². The summed E-state index contributed by atoms with van der Waals surface area (Å²) in [6, 6.07) is 6.63. The summed E-state index contributed by atoms with van der Waals surface area (Å²) >= 11 is 9.20. The monoisotopic (exact) mass is 325 g/mol. The van der Waals surface area contributed by atoms with Gasteiger partial charge in [0, 0.05) is 28.0 Å². The minimum Gasteiger partial charge on any atom is -0.495 e. The number of halogens is 2. The van der Waals surface area contributed by atoms with Crippen molar-refractivity contribution < 1.29 is 9.53 Å².